The maximum Gasteiger partial charge on any atom is 0.257 e. The van der Waals surface area contributed by atoms with E-state index < -0.39 is 0 Å². The third-order valence-electron chi connectivity index (χ3n) is 21.7. The summed E-state index contributed by atoms with van der Waals surface area (Å²) in [5, 5.41) is 18.5. The second kappa shape index (κ2) is 42.0. The number of anilines is 8. The third-order valence-corrected chi connectivity index (χ3v) is 23.5. The van der Waals surface area contributed by atoms with Crippen molar-refractivity contribution in [1.29, 1.82) is 0 Å². The van der Waals surface area contributed by atoms with Gasteiger partial charge in [-0.3, -0.25) is 58.3 Å². The molecule has 0 bridgehead atoms. The maximum absolute atomic E-state index is 12.9. The molecule has 36 nitrogen and oxygen atoms in total. The van der Waals surface area contributed by atoms with Crippen LogP contribution in [0.4, 0.5) is 45.5 Å². The zero-order valence-corrected chi connectivity index (χ0v) is 73.9. The standard InChI is InChI=1S/C25H25N7O2.C23H28BrN7O2.C20H22BrN7O2.C19H20BrN7O2/c26-13-21(33)31-9-11-32(12-10-31)23-19(17-5-2-1-3-6-17)15-28-24-22(23)20(16-29-24)30-25(34)18-7-4-8-27-14-18;1-15(2)26-7-5-19(32)30-8-10-31(11-9-30)21-17(24)13-27-22-20(21)18(14-28-22)29-23(33)16-4-3-6-25-12-16;21-14-11-24-19-17(15(12-25-19)26-20(30)13-2-1-5-23-10-13)18(14)28-8-6-27(7-9-28)16(29)3-4-22;20-13-10-23-18-16(17(13)27-6-4-26(5-7-27)15(28)8-21)14(11-24-18)25-19(29)12-2-1-3-22-9-12/h1-8,14-16H,9-13,26H2,(H,28,29)(H,30,34);3-4,6,12-15,26H,5,7-11H2,1-2H3,(H,27,28)(H,29,33);1-2,5,10-12H,3-4,6-9,22H2,(H,24,25)(H,26,30);1-3,9-11H,4-8,21H2,(H,23,24)(H,25,29). The normalized spacial score (nSPS) is 14.1. The number of pyridine rings is 8. The molecular weight excluding hydrogens is 1800 g/mol. The molecule has 652 valence electrons. The Balaban J connectivity index is 0.000000137. The number of amides is 8. The maximum atomic E-state index is 12.9. The molecular formula is C87H95Br3N28O8. The quantitative estimate of drug-likeness (QED) is 0.0319. The number of benzene rings is 1. The van der Waals surface area contributed by atoms with Crippen LogP contribution in [0.15, 0.2) is 191 Å². The molecule has 12 aromatic heterocycles. The number of rotatable bonds is 21. The number of carbonyl (C=O) groups is 8. The lowest BCUT2D eigenvalue weighted by Crippen LogP contribution is -2.50. The summed E-state index contributed by atoms with van der Waals surface area (Å²) in [6.45, 7) is 15.5. The molecule has 0 spiro atoms. The third kappa shape index (κ3) is 21.1. The van der Waals surface area contributed by atoms with Crippen molar-refractivity contribution in [1.82, 2.24) is 84.7 Å². The minimum absolute atomic E-state index is 0.0110. The van der Waals surface area contributed by atoms with Crippen molar-refractivity contribution in [3.63, 3.8) is 0 Å². The van der Waals surface area contributed by atoms with Crippen molar-refractivity contribution >= 4 is 185 Å². The van der Waals surface area contributed by atoms with Gasteiger partial charge < -0.3 is 103 Å². The second-order valence-electron chi connectivity index (χ2n) is 30.0. The summed E-state index contributed by atoms with van der Waals surface area (Å²) in [5.41, 5.74) is 29.5. The van der Waals surface area contributed by atoms with Crippen LogP contribution in [-0.4, -0.2) is 264 Å². The van der Waals surface area contributed by atoms with Gasteiger partial charge in [0.2, 0.25) is 23.6 Å². The summed E-state index contributed by atoms with van der Waals surface area (Å²) in [7, 11) is 0. The average molecular weight is 1900 g/mol. The number of fused-ring (bicyclic) bond motifs is 4. The van der Waals surface area contributed by atoms with E-state index >= 15 is 0 Å². The van der Waals surface area contributed by atoms with Crippen LogP contribution in [0.2, 0.25) is 0 Å². The zero-order valence-electron chi connectivity index (χ0n) is 69.2. The van der Waals surface area contributed by atoms with Gasteiger partial charge in [0.15, 0.2) is 0 Å². The first-order valence-corrected chi connectivity index (χ1v) is 43.5. The molecule has 13 aromatic rings. The Kier molecular flexibility index (Phi) is 29.7. The molecule has 17 rings (SSSR count). The molecule has 0 radical (unpaired) electrons. The van der Waals surface area contributed by atoms with Crippen molar-refractivity contribution < 1.29 is 38.4 Å². The molecule has 4 fully saturated rings. The lowest BCUT2D eigenvalue weighted by Gasteiger charge is -2.37. The highest BCUT2D eigenvalue weighted by atomic mass is 79.9. The highest BCUT2D eigenvalue weighted by Gasteiger charge is 2.32. The Hall–Kier alpha value is -13.2. The van der Waals surface area contributed by atoms with E-state index in [0.717, 1.165) is 68.8 Å². The van der Waals surface area contributed by atoms with Gasteiger partial charge in [0.1, 0.15) is 22.6 Å². The van der Waals surface area contributed by atoms with Crippen molar-refractivity contribution in [3.05, 3.63) is 214 Å². The minimum Gasteiger partial charge on any atom is -0.367 e. The van der Waals surface area contributed by atoms with Crippen molar-refractivity contribution in [2.24, 2.45) is 17.2 Å². The van der Waals surface area contributed by atoms with Gasteiger partial charge >= 0.3 is 0 Å². The lowest BCUT2D eigenvalue weighted by atomic mass is 10.0. The van der Waals surface area contributed by atoms with Gasteiger partial charge in [-0.05, 0) is 102 Å². The van der Waals surface area contributed by atoms with Gasteiger partial charge in [0, 0.05) is 241 Å². The first kappa shape index (κ1) is 89.1. The number of aromatic nitrogens is 12. The van der Waals surface area contributed by atoms with E-state index in [9.17, 15) is 38.4 Å². The summed E-state index contributed by atoms with van der Waals surface area (Å²) in [6.07, 6.45) is 27.6. The Morgan fingerprint density at radius 1 is 0.365 bits per heavy atom. The van der Waals surface area contributed by atoms with Crippen LogP contribution in [0, 0.1) is 0 Å². The van der Waals surface area contributed by atoms with E-state index in [4.69, 9.17) is 17.2 Å². The first-order valence-electron chi connectivity index (χ1n) is 41.1. The topological polar surface area (TPSA) is 467 Å². The largest absolute Gasteiger partial charge is 0.367 e. The number of nitrogens with zero attached hydrogens (tertiary/aromatic N) is 16. The molecule has 1 aromatic carbocycles. The highest BCUT2D eigenvalue weighted by Crippen LogP contribution is 2.44. The molecule has 4 saturated heterocycles. The Morgan fingerprint density at radius 2 is 0.659 bits per heavy atom. The fourth-order valence-electron chi connectivity index (χ4n) is 15.4. The fraction of sp³-hybridized carbons (Fsp3) is 0.287. The molecule has 0 atom stereocenters. The Bertz CT molecular complexity index is 6000. The van der Waals surface area contributed by atoms with Crippen LogP contribution in [0.5, 0.6) is 0 Å². The highest BCUT2D eigenvalue weighted by molar-refractivity contribution is 9.11. The van der Waals surface area contributed by atoms with Gasteiger partial charge in [-0.1, -0.05) is 44.2 Å². The number of nitrogens with one attached hydrogen (secondary N) is 9. The summed E-state index contributed by atoms with van der Waals surface area (Å²) in [5.74, 6) is -0.808. The van der Waals surface area contributed by atoms with Crippen molar-refractivity contribution in [2.75, 3.05) is 172 Å². The van der Waals surface area contributed by atoms with E-state index in [-0.39, 0.29) is 60.3 Å². The molecule has 126 heavy (non-hydrogen) atoms. The zero-order chi connectivity index (χ0) is 88.3. The van der Waals surface area contributed by atoms with Crippen LogP contribution in [0.25, 0.3) is 55.3 Å². The smallest absolute Gasteiger partial charge is 0.257 e. The van der Waals surface area contributed by atoms with E-state index in [2.05, 4.69) is 168 Å². The summed E-state index contributed by atoms with van der Waals surface area (Å²) in [4.78, 5) is 162. The second-order valence-corrected chi connectivity index (χ2v) is 32.6. The van der Waals surface area contributed by atoms with Crippen LogP contribution in [0.1, 0.15) is 68.1 Å². The van der Waals surface area contributed by atoms with Gasteiger partial charge in [0.25, 0.3) is 23.6 Å². The van der Waals surface area contributed by atoms with Gasteiger partial charge in [-0.2, -0.15) is 0 Å². The number of piperazine rings is 4. The predicted molar refractivity (Wildman–Crippen MR) is 496 cm³/mol. The van der Waals surface area contributed by atoms with Gasteiger partial charge in [-0.25, -0.2) is 19.9 Å². The SMILES string of the molecule is CC(C)NCCC(=O)N1CCN(c2c(Br)cnc3[nH]cc(NC(=O)c4cccnc4)c23)CC1.NCC(=O)N1CCN(c2c(-c3ccccc3)cnc3[nH]cc(NC(=O)c4cccnc4)c23)CC1.NCC(=O)N1CCN(c2c(Br)cnc3[nH]cc(NC(=O)c4cccnc4)c23)CC1.NCCC(=O)N1CCN(c2c(Br)cnc3[nH]cc(NC(=O)c4cccnc4)c23)CC1. The van der Waals surface area contributed by atoms with E-state index in [1.54, 1.807) is 126 Å². The van der Waals surface area contributed by atoms with Crippen LogP contribution in [0.3, 0.4) is 0 Å². The molecule has 8 amide bonds. The molecule has 16 heterocycles. The van der Waals surface area contributed by atoms with Gasteiger partial charge in [0.05, 0.1) is 116 Å². The number of aromatic amines is 4. The number of hydrogen-bond acceptors (Lipinski definition) is 24. The van der Waals surface area contributed by atoms with E-state index in [0.29, 0.717) is 204 Å². The van der Waals surface area contributed by atoms with Crippen LogP contribution >= 0.6 is 47.8 Å². The Labute approximate surface area is 749 Å². The molecule has 15 N–H and O–H groups in total. The summed E-state index contributed by atoms with van der Waals surface area (Å²) < 4.78 is 2.49. The molecule has 4 aliphatic rings. The predicted octanol–water partition coefficient (Wildman–Crippen LogP) is 9.04. The molecule has 0 saturated carbocycles. The van der Waals surface area contributed by atoms with Crippen LogP contribution in [-0.2, 0) is 19.2 Å². The monoisotopic (exact) mass is 1900 g/mol. The van der Waals surface area contributed by atoms with Crippen molar-refractivity contribution in [3.8, 4) is 11.1 Å². The average Bonchev–Trinajstić information content (AvgIpc) is 1.55. The van der Waals surface area contributed by atoms with E-state index in [1.807, 2.05) is 46.3 Å². The first-order chi connectivity index (χ1) is 61.2. The summed E-state index contributed by atoms with van der Waals surface area (Å²) in [6, 6.07) is 24.2. The molecule has 39 heteroatoms. The van der Waals surface area contributed by atoms with Gasteiger partial charge in [-0.15, -0.1) is 0 Å². The van der Waals surface area contributed by atoms with Crippen LogP contribution < -0.4 is 63.4 Å². The molecule has 0 aliphatic carbocycles. The van der Waals surface area contributed by atoms with Crippen molar-refractivity contribution in [2.45, 2.75) is 32.7 Å². The number of H-pyrrole nitrogens is 4. The number of halogens is 3. The summed E-state index contributed by atoms with van der Waals surface area (Å²) >= 11 is 10.9. The molecule has 4 aliphatic heterocycles. The minimum atomic E-state index is -0.247. The lowest BCUT2D eigenvalue weighted by molar-refractivity contribution is -0.132. The van der Waals surface area contributed by atoms with E-state index in [1.165, 1.54) is 24.8 Å². The molecule has 0 unspecified atom stereocenters. The fourth-order valence-corrected chi connectivity index (χ4v) is 17.0. The Morgan fingerprint density at radius 3 is 0.952 bits per heavy atom. The number of hydrogen-bond donors (Lipinski definition) is 12. The number of carbonyl (C=O) groups excluding carboxylic acids is 8. The number of nitrogens with two attached hydrogens (primary N) is 3.